The van der Waals surface area contributed by atoms with Crippen LogP contribution >= 0.6 is 0 Å². The van der Waals surface area contributed by atoms with Crippen LogP contribution in [0.5, 0.6) is 0 Å². The number of hydrogen-bond acceptors (Lipinski definition) is 5. The lowest BCUT2D eigenvalue weighted by molar-refractivity contribution is -0.139. The van der Waals surface area contributed by atoms with E-state index in [0.717, 1.165) is 71.3 Å². The highest BCUT2D eigenvalue weighted by Crippen LogP contribution is 2.63. The Bertz CT molecular complexity index is 1390. The fourth-order valence-electron chi connectivity index (χ4n) is 5.76. The van der Waals surface area contributed by atoms with E-state index in [-0.39, 0.29) is 17.3 Å². The molecule has 2 fully saturated rings. The van der Waals surface area contributed by atoms with Gasteiger partial charge >= 0.3 is 5.97 Å². The number of aromatic nitrogens is 4. The summed E-state index contributed by atoms with van der Waals surface area (Å²) in [6.45, 7) is 0. The van der Waals surface area contributed by atoms with E-state index in [0.29, 0.717) is 5.82 Å². The third kappa shape index (κ3) is 3.28. The Kier molecular flexibility index (Phi) is 4.72. The van der Waals surface area contributed by atoms with Crippen LogP contribution < -0.4 is 11.2 Å². The van der Waals surface area contributed by atoms with E-state index in [1.165, 1.54) is 0 Å². The molecule has 1 atom stereocenters. The van der Waals surface area contributed by atoms with E-state index in [9.17, 15) is 9.90 Å². The summed E-state index contributed by atoms with van der Waals surface area (Å²) in [7, 11) is 2.01. The Morgan fingerprint density at radius 2 is 1.85 bits per heavy atom. The van der Waals surface area contributed by atoms with E-state index in [1.54, 1.807) is 10.7 Å². The molecule has 1 spiro atoms. The zero-order valence-electron chi connectivity index (χ0n) is 19.1. The quantitative estimate of drug-likeness (QED) is 0.462. The number of benzene rings is 1. The van der Waals surface area contributed by atoms with Gasteiger partial charge in [0.25, 0.3) is 0 Å². The van der Waals surface area contributed by atoms with Crippen LogP contribution in [0.2, 0.25) is 0 Å². The standard InChI is InChI=1S/C26H26BN5O2/c27-21-22(16-8-10-26(11-9-16)12-19(26)25(33)34)31-24-18(14-30-32(24)23(21)28)17-6-7-20(29-13-17)15-4-2-1-3-5-15/h1-7,13-14,16,19H,8-12,27-28H2,(H,33,34). The molecular formula is C26H26BN5O2. The smallest absolute Gasteiger partial charge is 0.307 e. The van der Waals surface area contributed by atoms with Crippen molar-refractivity contribution >= 4 is 30.7 Å². The van der Waals surface area contributed by atoms with Gasteiger partial charge in [0, 0.05) is 34.5 Å². The van der Waals surface area contributed by atoms with Gasteiger partial charge in [-0.25, -0.2) is 4.98 Å². The number of fused-ring (bicyclic) bond motifs is 1. The number of nitrogens with zero attached hydrogens (tertiary/aromatic N) is 4. The monoisotopic (exact) mass is 451 g/mol. The molecule has 7 nitrogen and oxygen atoms in total. The van der Waals surface area contributed by atoms with Gasteiger partial charge in [-0.15, -0.1) is 0 Å². The number of rotatable bonds is 4. The molecule has 1 aromatic carbocycles. The fourth-order valence-corrected chi connectivity index (χ4v) is 5.76. The normalized spacial score (nSPS) is 23.9. The zero-order valence-corrected chi connectivity index (χ0v) is 19.1. The maximum absolute atomic E-state index is 11.4. The predicted molar refractivity (Wildman–Crippen MR) is 134 cm³/mol. The summed E-state index contributed by atoms with van der Waals surface area (Å²) in [6.07, 6.45) is 8.27. The SMILES string of the molecule is Bc1c(C2CCC3(CC2)CC3C(=O)O)nc2c(-c3ccc(-c4ccccc4)nc3)cnn2c1N. The minimum atomic E-state index is -0.644. The number of anilines is 1. The highest BCUT2D eigenvalue weighted by Gasteiger charge is 2.59. The van der Waals surface area contributed by atoms with Crippen molar-refractivity contribution in [1.29, 1.82) is 0 Å². The van der Waals surface area contributed by atoms with Crippen LogP contribution in [0.3, 0.4) is 0 Å². The molecule has 3 heterocycles. The van der Waals surface area contributed by atoms with Gasteiger partial charge < -0.3 is 10.8 Å². The first-order valence-electron chi connectivity index (χ1n) is 11.9. The van der Waals surface area contributed by atoms with Crippen LogP contribution in [0.15, 0.2) is 54.9 Å². The van der Waals surface area contributed by atoms with Crippen molar-refractivity contribution in [3.8, 4) is 22.4 Å². The van der Waals surface area contributed by atoms with Crippen molar-refractivity contribution in [2.75, 3.05) is 5.73 Å². The second-order valence-corrected chi connectivity index (χ2v) is 9.83. The van der Waals surface area contributed by atoms with Crippen LogP contribution in [0, 0.1) is 11.3 Å². The van der Waals surface area contributed by atoms with Crippen LogP contribution in [0.1, 0.15) is 43.7 Å². The van der Waals surface area contributed by atoms with Crippen molar-refractivity contribution in [1.82, 2.24) is 19.6 Å². The van der Waals surface area contributed by atoms with Gasteiger partial charge in [0.05, 0.1) is 17.8 Å². The molecule has 6 rings (SSSR count). The molecule has 2 aliphatic carbocycles. The number of hydrogen-bond donors (Lipinski definition) is 2. The van der Waals surface area contributed by atoms with Crippen molar-refractivity contribution in [2.45, 2.75) is 38.0 Å². The lowest BCUT2D eigenvalue weighted by Crippen LogP contribution is -2.27. The van der Waals surface area contributed by atoms with E-state index < -0.39 is 5.97 Å². The molecule has 0 amide bonds. The number of pyridine rings is 1. The third-order valence-electron chi connectivity index (χ3n) is 7.97. The average Bonchev–Trinajstić information content (AvgIpc) is 3.40. The largest absolute Gasteiger partial charge is 0.481 e. The molecule has 8 heteroatoms. The Morgan fingerprint density at radius 1 is 1.09 bits per heavy atom. The molecule has 3 N–H and O–H groups in total. The highest BCUT2D eigenvalue weighted by molar-refractivity contribution is 6.36. The molecule has 0 radical (unpaired) electrons. The zero-order chi connectivity index (χ0) is 23.4. The van der Waals surface area contributed by atoms with Gasteiger partial charge in [-0.05, 0) is 49.0 Å². The summed E-state index contributed by atoms with van der Waals surface area (Å²) in [5.74, 6) is 0.0848. The van der Waals surface area contributed by atoms with Gasteiger partial charge in [-0.3, -0.25) is 9.78 Å². The Morgan fingerprint density at radius 3 is 2.50 bits per heavy atom. The van der Waals surface area contributed by atoms with Crippen LogP contribution in [0.4, 0.5) is 5.82 Å². The van der Waals surface area contributed by atoms with Crippen molar-refractivity contribution in [3.05, 3.63) is 60.6 Å². The number of nitrogens with two attached hydrogens (primary N) is 1. The van der Waals surface area contributed by atoms with Gasteiger partial charge in [0.2, 0.25) is 0 Å². The number of carboxylic acid groups (broad SMARTS) is 1. The van der Waals surface area contributed by atoms with E-state index >= 15 is 0 Å². The van der Waals surface area contributed by atoms with Gasteiger partial charge in [-0.2, -0.15) is 9.61 Å². The summed E-state index contributed by atoms with van der Waals surface area (Å²) < 4.78 is 1.71. The van der Waals surface area contributed by atoms with Crippen molar-refractivity contribution < 1.29 is 9.90 Å². The molecule has 3 aromatic heterocycles. The Balaban J connectivity index is 1.32. The van der Waals surface area contributed by atoms with Crippen LogP contribution in [0.25, 0.3) is 28.0 Å². The topological polar surface area (TPSA) is 106 Å². The molecule has 170 valence electrons. The second kappa shape index (κ2) is 7.69. The average molecular weight is 451 g/mol. The first-order chi connectivity index (χ1) is 16.5. The minimum Gasteiger partial charge on any atom is -0.481 e. The second-order valence-electron chi connectivity index (χ2n) is 9.83. The third-order valence-corrected chi connectivity index (χ3v) is 7.97. The summed E-state index contributed by atoms with van der Waals surface area (Å²) >= 11 is 0. The van der Waals surface area contributed by atoms with Crippen molar-refractivity contribution in [2.24, 2.45) is 11.3 Å². The highest BCUT2D eigenvalue weighted by atomic mass is 16.4. The Labute approximate surface area is 198 Å². The molecule has 0 bridgehead atoms. The molecule has 2 aliphatic rings. The maximum Gasteiger partial charge on any atom is 0.307 e. The maximum atomic E-state index is 11.4. The van der Waals surface area contributed by atoms with E-state index in [1.807, 2.05) is 56.5 Å². The molecule has 0 saturated heterocycles. The van der Waals surface area contributed by atoms with Crippen LogP contribution in [-0.2, 0) is 4.79 Å². The van der Waals surface area contributed by atoms with Crippen LogP contribution in [-0.4, -0.2) is 38.5 Å². The first kappa shape index (κ1) is 20.9. The number of nitrogen functional groups attached to an aromatic ring is 1. The summed E-state index contributed by atoms with van der Waals surface area (Å²) in [5.41, 5.74) is 13.1. The first-order valence-corrected chi connectivity index (χ1v) is 11.9. The summed E-state index contributed by atoms with van der Waals surface area (Å²) in [5, 5.41) is 13.9. The number of carbonyl (C=O) groups is 1. The molecule has 1 unspecified atom stereocenters. The summed E-state index contributed by atoms with van der Waals surface area (Å²) in [6, 6.07) is 14.2. The molecule has 0 aliphatic heterocycles. The van der Waals surface area contributed by atoms with Crippen molar-refractivity contribution in [3.63, 3.8) is 0 Å². The molecule has 34 heavy (non-hydrogen) atoms. The number of carboxylic acids is 1. The van der Waals surface area contributed by atoms with E-state index in [2.05, 4.69) is 10.1 Å². The minimum absolute atomic E-state index is 0.0137. The van der Waals surface area contributed by atoms with E-state index in [4.69, 9.17) is 10.7 Å². The Hall–Kier alpha value is -3.68. The molecule has 4 aromatic rings. The molecular weight excluding hydrogens is 425 g/mol. The predicted octanol–water partition coefficient (Wildman–Crippen LogP) is 3.05. The lowest BCUT2D eigenvalue weighted by atomic mass is 9.74. The summed E-state index contributed by atoms with van der Waals surface area (Å²) in [4.78, 5) is 21.2. The fraction of sp³-hybridized carbons (Fsp3) is 0.308. The van der Waals surface area contributed by atoms with Gasteiger partial charge in [0.15, 0.2) is 5.65 Å². The molecule has 2 saturated carbocycles. The lowest BCUT2D eigenvalue weighted by Gasteiger charge is -2.30. The van der Waals surface area contributed by atoms with Gasteiger partial charge in [-0.1, -0.05) is 36.4 Å². The number of aliphatic carboxylic acids is 1. The van der Waals surface area contributed by atoms with Gasteiger partial charge in [0.1, 0.15) is 13.7 Å².